The third-order valence-corrected chi connectivity index (χ3v) is 13.2. The highest BCUT2D eigenvalue weighted by Crippen LogP contribution is 2.76. The van der Waals surface area contributed by atoms with E-state index in [9.17, 15) is 0 Å². The Morgan fingerprint density at radius 1 is 0.538 bits per heavy atom. The van der Waals surface area contributed by atoms with Gasteiger partial charge in [-0.25, -0.2) is 0 Å². The van der Waals surface area contributed by atoms with E-state index in [0.29, 0.717) is 21.7 Å². The van der Waals surface area contributed by atoms with Crippen LogP contribution < -0.4 is 0 Å². The van der Waals surface area contributed by atoms with E-state index in [1.165, 1.54) is 0 Å². The van der Waals surface area contributed by atoms with E-state index in [0.717, 1.165) is 35.5 Å². The van der Waals surface area contributed by atoms with E-state index in [2.05, 4.69) is 27.7 Å². The molecule has 146 valence electrons. The predicted octanol–water partition coefficient (Wildman–Crippen LogP) is 7.47. The summed E-state index contributed by atoms with van der Waals surface area (Å²) in [5.74, 6) is 6.42. The van der Waals surface area contributed by atoms with Crippen molar-refractivity contribution in [2.24, 2.45) is 57.2 Å². The van der Waals surface area contributed by atoms with Gasteiger partial charge in [-0.05, 0) is 134 Å². The molecule has 0 N–H and O–H groups in total. The molecule has 0 radical (unpaired) electrons. The molecule has 0 nitrogen and oxygen atoms in total. The van der Waals surface area contributed by atoms with E-state index in [-0.39, 0.29) is 0 Å². The summed E-state index contributed by atoms with van der Waals surface area (Å²) < 4.78 is 0. The average molecular weight is 355 g/mol. The molecule has 0 bridgehead atoms. The number of hydrogen-bond acceptors (Lipinski definition) is 0. The molecule has 6 fully saturated rings. The largest absolute Gasteiger partial charge is 0.0591 e. The lowest BCUT2D eigenvalue weighted by Gasteiger charge is -2.46. The first kappa shape index (κ1) is 16.9. The summed E-state index contributed by atoms with van der Waals surface area (Å²) in [5.41, 5.74) is 2.76. The molecule has 0 aromatic heterocycles. The van der Waals surface area contributed by atoms with E-state index in [1.54, 1.807) is 77.0 Å². The normalized spacial score (nSPS) is 66.0. The van der Waals surface area contributed by atoms with Gasteiger partial charge in [-0.15, -0.1) is 0 Å². The molecule has 0 aliphatic heterocycles. The first-order valence-corrected chi connectivity index (χ1v) is 12.3. The standard InChI is InChI=1S/C26H42/c1-23-12-8-19-15-17-5-6-18-7-11-24(2)14-10-22(26(18,24)4)21(17)16-20(9-13-23)25(19,23)3/h17-22H,5-16H2,1-4H3. The molecule has 6 aliphatic rings. The molecule has 0 saturated heterocycles. The maximum atomic E-state index is 2.79. The molecule has 10 unspecified atom stereocenters. The van der Waals surface area contributed by atoms with Crippen molar-refractivity contribution < 1.29 is 0 Å². The summed E-state index contributed by atoms with van der Waals surface area (Å²) in [7, 11) is 0. The Hall–Kier alpha value is 0. The Bertz CT molecular complexity index is 622. The van der Waals surface area contributed by atoms with E-state index >= 15 is 0 Å². The number of rotatable bonds is 0. The zero-order valence-corrected chi connectivity index (χ0v) is 17.9. The summed E-state index contributed by atoms with van der Waals surface area (Å²) in [6, 6.07) is 0. The van der Waals surface area contributed by atoms with Crippen LogP contribution in [0.3, 0.4) is 0 Å². The molecule has 10 atom stereocenters. The van der Waals surface area contributed by atoms with Gasteiger partial charge in [0.25, 0.3) is 0 Å². The predicted molar refractivity (Wildman–Crippen MR) is 109 cm³/mol. The SMILES string of the molecule is CC12CCC3CC4CCC5CCC6(C)CCC(C4CC(CC1)C32C)C56C. The van der Waals surface area contributed by atoms with Crippen LogP contribution in [-0.2, 0) is 0 Å². The minimum atomic E-state index is 0.688. The first-order chi connectivity index (χ1) is 12.3. The highest BCUT2D eigenvalue weighted by Gasteiger charge is 2.68. The Labute approximate surface area is 162 Å². The molecule has 0 aromatic rings. The van der Waals surface area contributed by atoms with Gasteiger partial charge in [0.1, 0.15) is 0 Å². The Morgan fingerprint density at radius 2 is 1.12 bits per heavy atom. The number of fused-ring (bicyclic) bond motifs is 2. The lowest BCUT2D eigenvalue weighted by molar-refractivity contribution is 0.0181. The van der Waals surface area contributed by atoms with Crippen molar-refractivity contribution >= 4 is 0 Å². The molecule has 0 heterocycles. The van der Waals surface area contributed by atoms with Crippen molar-refractivity contribution in [1.29, 1.82) is 0 Å². The maximum absolute atomic E-state index is 2.79. The van der Waals surface area contributed by atoms with Crippen LogP contribution in [0.25, 0.3) is 0 Å². The lowest BCUT2D eigenvalue weighted by Crippen LogP contribution is -2.40. The second kappa shape index (κ2) is 4.94. The van der Waals surface area contributed by atoms with Gasteiger partial charge in [-0.3, -0.25) is 0 Å². The molecule has 0 spiro atoms. The highest BCUT2D eigenvalue weighted by molar-refractivity contribution is 5.17. The van der Waals surface area contributed by atoms with Gasteiger partial charge in [-0.1, -0.05) is 27.7 Å². The van der Waals surface area contributed by atoms with Crippen molar-refractivity contribution in [1.82, 2.24) is 0 Å². The summed E-state index contributed by atoms with van der Waals surface area (Å²) in [6.07, 6.45) is 18.9. The molecule has 6 aliphatic carbocycles. The van der Waals surface area contributed by atoms with Crippen molar-refractivity contribution in [3.05, 3.63) is 0 Å². The van der Waals surface area contributed by atoms with E-state index < -0.39 is 0 Å². The van der Waals surface area contributed by atoms with Crippen LogP contribution in [0, 0.1) is 57.2 Å². The first-order valence-electron chi connectivity index (χ1n) is 12.3. The van der Waals surface area contributed by atoms with Crippen molar-refractivity contribution in [2.75, 3.05) is 0 Å². The zero-order valence-electron chi connectivity index (χ0n) is 17.9. The molecular weight excluding hydrogens is 312 g/mol. The van der Waals surface area contributed by atoms with Crippen molar-refractivity contribution in [3.8, 4) is 0 Å². The van der Waals surface area contributed by atoms with Gasteiger partial charge in [-0.2, -0.15) is 0 Å². The van der Waals surface area contributed by atoms with Gasteiger partial charge in [0, 0.05) is 0 Å². The Morgan fingerprint density at radius 3 is 1.85 bits per heavy atom. The van der Waals surface area contributed by atoms with Crippen LogP contribution in [0.15, 0.2) is 0 Å². The summed E-state index contributed by atoms with van der Waals surface area (Å²) in [4.78, 5) is 0. The quantitative estimate of drug-likeness (QED) is 0.423. The van der Waals surface area contributed by atoms with E-state index in [4.69, 9.17) is 0 Å². The molecular formula is C26H42. The molecule has 6 saturated carbocycles. The minimum absolute atomic E-state index is 0.688. The van der Waals surface area contributed by atoms with E-state index in [1.807, 2.05) is 0 Å². The molecule has 0 aromatic carbocycles. The third-order valence-electron chi connectivity index (χ3n) is 13.2. The lowest BCUT2D eigenvalue weighted by atomic mass is 9.58. The summed E-state index contributed by atoms with van der Waals surface area (Å²) in [6.45, 7) is 10.9. The second-order valence-electron chi connectivity index (χ2n) is 13.0. The third kappa shape index (κ3) is 1.68. The van der Waals surface area contributed by atoms with Crippen LogP contribution in [0.5, 0.6) is 0 Å². The van der Waals surface area contributed by atoms with Crippen LogP contribution >= 0.6 is 0 Å². The van der Waals surface area contributed by atoms with Crippen LogP contribution in [0.4, 0.5) is 0 Å². The summed E-state index contributed by atoms with van der Waals surface area (Å²) in [5, 5.41) is 0. The van der Waals surface area contributed by atoms with Gasteiger partial charge >= 0.3 is 0 Å². The van der Waals surface area contributed by atoms with Gasteiger partial charge < -0.3 is 0 Å². The smallest absolute Gasteiger partial charge is 0.0213 e. The topological polar surface area (TPSA) is 0 Å². The van der Waals surface area contributed by atoms with Crippen LogP contribution in [0.2, 0.25) is 0 Å². The van der Waals surface area contributed by atoms with Gasteiger partial charge in [0.15, 0.2) is 0 Å². The Balaban J connectivity index is 1.42. The molecule has 0 heteroatoms. The number of hydrogen-bond donors (Lipinski definition) is 0. The highest BCUT2D eigenvalue weighted by atomic mass is 14.7. The van der Waals surface area contributed by atoms with Gasteiger partial charge in [0.05, 0.1) is 0 Å². The summed E-state index contributed by atoms with van der Waals surface area (Å²) >= 11 is 0. The van der Waals surface area contributed by atoms with Crippen molar-refractivity contribution in [2.45, 2.75) is 105 Å². The zero-order chi connectivity index (χ0) is 17.9. The molecule has 26 heavy (non-hydrogen) atoms. The van der Waals surface area contributed by atoms with Gasteiger partial charge in [0.2, 0.25) is 0 Å². The van der Waals surface area contributed by atoms with Crippen LogP contribution in [-0.4, -0.2) is 0 Å². The van der Waals surface area contributed by atoms with Crippen molar-refractivity contribution in [3.63, 3.8) is 0 Å². The second-order valence-corrected chi connectivity index (χ2v) is 13.0. The fourth-order valence-corrected chi connectivity index (χ4v) is 11.2. The van der Waals surface area contributed by atoms with Crippen LogP contribution in [0.1, 0.15) is 105 Å². The average Bonchev–Trinajstić information content (AvgIpc) is 3.11. The minimum Gasteiger partial charge on any atom is -0.0591 e. The monoisotopic (exact) mass is 354 g/mol. The molecule has 0 amide bonds. The maximum Gasteiger partial charge on any atom is -0.0213 e. The fourth-order valence-electron chi connectivity index (χ4n) is 11.2. The molecule has 6 rings (SSSR count). The fraction of sp³-hybridized carbons (Fsp3) is 1.00. The Kier molecular flexibility index (Phi) is 3.21.